The van der Waals surface area contributed by atoms with Gasteiger partial charge in [-0.25, -0.2) is 0 Å². The van der Waals surface area contributed by atoms with E-state index in [1.165, 1.54) is 5.56 Å². The van der Waals surface area contributed by atoms with Crippen molar-refractivity contribution in [2.24, 2.45) is 0 Å². The minimum atomic E-state index is -0.0523. The molecule has 0 saturated heterocycles. The lowest BCUT2D eigenvalue weighted by Crippen LogP contribution is -2.31. The number of carbonyl (C=O) groups is 1. The molecule has 22 heavy (non-hydrogen) atoms. The van der Waals surface area contributed by atoms with Crippen molar-refractivity contribution in [3.8, 4) is 0 Å². The summed E-state index contributed by atoms with van der Waals surface area (Å²) < 4.78 is 1.03. The molecule has 0 radical (unpaired) electrons. The van der Waals surface area contributed by atoms with Gasteiger partial charge in [-0.15, -0.1) is 0 Å². The van der Waals surface area contributed by atoms with Crippen molar-refractivity contribution >= 4 is 27.9 Å². The average Bonchev–Trinajstić information content (AvgIpc) is 2.53. The Morgan fingerprint density at radius 2 is 1.82 bits per heavy atom. The summed E-state index contributed by atoms with van der Waals surface area (Å²) in [6.45, 7) is 2.04. The van der Waals surface area contributed by atoms with Crippen LogP contribution < -0.4 is 5.32 Å². The smallest absolute Gasteiger partial charge is 0.244 e. The molecule has 1 amide bonds. The lowest BCUT2D eigenvalue weighted by atomic mass is 10.1. The zero-order valence-corrected chi connectivity index (χ0v) is 14.2. The molecular weight excluding hydrogens is 338 g/mol. The highest BCUT2D eigenvalue weighted by Gasteiger charge is 2.05. The molecule has 0 spiro atoms. The van der Waals surface area contributed by atoms with Gasteiger partial charge in [0, 0.05) is 16.6 Å². The number of amides is 1. The largest absolute Gasteiger partial charge is 0.350 e. The van der Waals surface area contributed by atoms with Crippen molar-refractivity contribution in [3.05, 3.63) is 76.3 Å². The number of rotatable bonds is 6. The van der Waals surface area contributed by atoms with Crippen LogP contribution in [0, 0.1) is 0 Å². The van der Waals surface area contributed by atoms with E-state index in [1.54, 1.807) is 6.08 Å². The van der Waals surface area contributed by atoms with Crippen LogP contribution in [-0.4, -0.2) is 11.9 Å². The van der Waals surface area contributed by atoms with E-state index in [0.717, 1.165) is 22.9 Å². The molecule has 2 rings (SSSR count). The summed E-state index contributed by atoms with van der Waals surface area (Å²) in [5.41, 5.74) is 2.31. The van der Waals surface area contributed by atoms with E-state index in [-0.39, 0.29) is 11.9 Å². The number of hydrogen-bond donors (Lipinski definition) is 1. The maximum Gasteiger partial charge on any atom is 0.244 e. The Kier molecular flexibility index (Phi) is 6.41. The summed E-state index contributed by atoms with van der Waals surface area (Å²) in [6, 6.07) is 18.3. The number of nitrogens with one attached hydrogen (secondary N) is 1. The fourth-order valence-corrected chi connectivity index (χ4v) is 2.40. The van der Waals surface area contributed by atoms with Crippen molar-refractivity contribution in [2.75, 3.05) is 0 Å². The summed E-state index contributed by atoms with van der Waals surface area (Å²) in [5, 5.41) is 3.00. The van der Waals surface area contributed by atoms with E-state index in [2.05, 4.69) is 33.4 Å². The van der Waals surface area contributed by atoms with Crippen molar-refractivity contribution < 1.29 is 4.79 Å². The van der Waals surface area contributed by atoms with Crippen LogP contribution in [0.3, 0.4) is 0 Å². The topological polar surface area (TPSA) is 29.1 Å². The van der Waals surface area contributed by atoms with Crippen LogP contribution in [0.25, 0.3) is 6.08 Å². The number of hydrogen-bond acceptors (Lipinski definition) is 1. The Balaban J connectivity index is 1.77. The predicted octanol–water partition coefficient (Wildman–Crippen LogP) is 4.60. The Morgan fingerprint density at radius 1 is 1.14 bits per heavy atom. The third kappa shape index (κ3) is 5.86. The van der Waals surface area contributed by atoms with Gasteiger partial charge in [0.15, 0.2) is 0 Å². The summed E-state index contributed by atoms with van der Waals surface area (Å²) in [5.74, 6) is -0.0523. The first-order valence-corrected chi connectivity index (χ1v) is 8.21. The normalized spacial score (nSPS) is 12.3. The van der Waals surface area contributed by atoms with Crippen LogP contribution in [0.5, 0.6) is 0 Å². The maximum absolute atomic E-state index is 11.9. The highest BCUT2D eigenvalue weighted by atomic mass is 79.9. The Bertz CT molecular complexity index is 620. The standard InChI is InChI=1S/C19H20BrNO/c1-15(7-8-16-5-3-2-4-6-16)21-19(22)14-11-17-9-12-18(20)13-10-17/h2-6,9-15H,7-8H2,1H3,(H,21,22)/b14-11-/t15-/m0/s1. The molecule has 0 fully saturated rings. The van der Waals surface area contributed by atoms with E-state index in [0.29, 0.717) is 0 Å². The van der Waals surface area contributed by atoms with E-state index < -0.39 is 0 Å². The highest BCUT2D eigenvalue weighted by Crippen LogP contribution is 2.11. The molecule has 1 N–H and O–H groups in total. The van der Waals surface area contributed by atoms with Gasteiger partial charge < -0.3 is 5.32 Å². The molecule has 0 bridgehead atoms. The van der Waals surface area contributed by atoms with Gasteiger partial charge >= 0.3 is 0 Å². The quantitative estimate of drug-likeness (QED) is 0.752. The van der Waals surface area contributed by atoms with Gasteiger partial charge in [0.2, 0.25) is 5.91 Å². The molecule has 0 aliphatic heterocycles. The van der Waals surface area contributed by atoms with Gasteiger partial charge in [-0.1, -0.05) is 58.4 Å². The van der Waals surface area contributed by atoms with Crippen LogP contribution in [0.1, 0.15) is 24.5 Å². The molecule has 0 heterocycles. The predicted molar refractivity (Wildman–Crippen MR) is 95.5 cm³/mol. The fraction of sp³-hybridized carbons (Fsp3) is 0.211. The minimum absolute atomic E-state index is 0.0523. The van der Waals surface area contributed by atoms with Crippen LogP contribution in [0.4, 0.5) is 0 Å². The monoisotopic (exact) mass is 357 g/mol. The molecule has 114 valence electrons. The van der Waals surface area contributed by atoms with Gasteiger partial charge in [0.05, 0.1) is 0 Å². The third-order valence-corrected chi connectivity index (χ3v) is 3.92. The van der Waals surface area contributed by atoms with Crippen molar-refractivity contribution in [1.82, 2.24) is 5.32 Å². The summed E-state index contributed by atoms with van der Waals surface area (Å²) >= 11 is 3.39. The van der Waals surface area contributed by atoms with E-state index in [4.69, 9.17) is 0 Å². The number of halogens is 1. The zero-order chi connectivity index (χ0) is 15.8. The van der Waals surface area contributed by atoms with Crippen molar-refractivity contribution in [3.63, 3.8) is 0 Å². The second kappa shape index (κ2) is 8.54. The first-order chi connectivity index (χ1) is 10.6. The maximum atomic E-state index is 11.9. The SMILES string of the molecule is C[C@@H](CCc1ccccc1)NC(=O)/C=C\c1ccc(Br)cc1. The van der Waals surface area contributed by atoms with Gasteiger partial charge in [-0.3, -0.25) is 4.79 Å². The summed E-state index contributed by atoms with van der Waals surface area (Å²) in [7, 11) is 0. The van der Waals surface area contributed by atoms with Crippen LogP contribution >= 0.6 is 15.9 Å². The van der Waals surface area contributed by atoms with Gasteiger partial charge in [-0.2, -0.15) is 0 Å². The second-order valence-corrected chi connectivity index (χ2v) is 6.23. The summed E-state index contributed by atoms with van der Waals surface area (Å²) in [4.78, 5) is 11.9. The molecule has 2 nitrogen and oxygen atoms in total. The van der Waals surface area contributed by atoms with Gasteiger partial charge in [0.25, 0.3) is 0 Å². The Labute approximate surface area is 140 Å². The lowest BCUT2D eigenvalue weighted by Gasteiger charge is -2.12. The Hall–Kier alpha value is -1.87. The molecule has 2 aromatic rings. The molecule has 0 aliphatic rings. The molecule has 0 aliphatic carbocycles. The first-order valence-electron chi connectivity index (χ1n) is 7.41. The second-order valence-electron chi connectivity index (χ2n) is 5.32. The summed E-state index contributed by atoms with van der Waals surface area (Å²) in [6.07, 6.45) is 5.31. The van der Waals surface area contributed by atoms with E-state index >= 15 is 0 Å². The average molecular weight is 358 g/mol. The molecule has 0 aromatic heterocycles. The fourth-order valence-electron chi connectivity index (χ4n) is 2.14. The molecular formula is C19H20BrNO. The van der Waals surface area contributed by atoms with E-state index in [1.807, 2.05) is 55.5 Å². The minimum Gasteiger partial charge on any atom is -0.350 e. The number of carbonyl (C=O) groups excluding carboxylic acids is 1. The molecule has 3 heteroatoms. The van der Waals surface area contributed by atoms with Crippen molar-refractivity contribution in [2.45, 2.75) is 25.8 Å². The zero-order valence-electron chi connectivity index (χ0n) is 12.6. The van der Waals surface area contributed by atoms with Crippen molar-refractivity contribution in [1.29, 1.82) is 0 Å². The van der Waals surface area contributed by atoms with Gasteiger partial charge in [-0.05, 0) is 49.1 Å². The number of aryl methyl sites for hydroxylation is 1. The molecule has 1 atom stereocenters. The Morgan fingerprint density at radius 3 is 2.50 bits per heavy atom. The van der Waals surface area contributed by atoms with E-state index in [9.17, 15) is 4.79 Å². The lowest BCUT2D eigenvalue weighted by molar-refractivity contribution is -0.117. The third-order valence-electron chi connectivity index (χ3n) is 3.39. The highest BCUT2D eigenvalue weighted by molar-refractivity contribution is 9.10. The van der Waals surface area contributed by atoms with Crippen LogP contribution in [0.2, 0.25) is 0 Å². The number of benzene rings is 2. The first kappa shape index (κ1) is 16.5. The molecule has 0 saturated carbocycles. The molecule has 0 unspecified atom stereocenters. The van der Waals surface area contributed by atoms with Crippen LogP contribution in [0.15, 0.2) is 65.1 Å². The van der Waals surface area contributed by atoms with Crippen LogP contribution in [-0.2, 0) is 11.2 Å². The van der Waals surface area contributed by atoms with Gasteiger partial charge in [0.1, 0.15) is 0 Å². The molecule has 2 aromatic carbocycles.